The second-order valence-corrected chi connectivity index (χ2v) is 8.35. The van der Waals surface area contributed by atoms with Gasteiger partial charge in [-0.2, -0.15) is 0 Å². The normalized spacial score (nSPS) is 12.6. The van der Waals surface area contributed by atoms with E-state index in [1.807, 2.05) is 29.7 Å². The largest absolute Gasteiger partial charge is 0.486 e. The number of ether oxygens (including phenoxy) is 3. The zero-order valence-corrected chi connectivity index (χ0v) is 19.6. The van der Waals surface area contributed by atoms with Gasteiger partial charge in [0, 0.05) is 19.2 Å². The number of nitrogens with one attached hydrogen (secondary N) is 1. The van der Waals surface area contributed by atoms with Gasteiger partial charge >= 0.3 is 5.69 Å². The number of carbonyl (C=O) groups excluding carboxylic acids is 1. The highest BCUT2D eigenvalue weighted by Gasteiger charge is 2.21. The summed E-state index contributed by atoms with van der Waals surface area (Å²) in [4.78, 5) is 43.9. The number of thioether (sulfide) groups is 1. The van der Waals surface area contributed by atoms with E-state index in [1.54, 1.807) is 6.20 Å². The van der Waals surface area contributed by atoms with Crippen LogP contribution >= 0.6 is 11.8 Å². The van der Waals surface area contributed by atoms with Gasteiger partial charge in [-0.25, -0.2) is 9.78 Å². The molecule has 0 saturated carbocycles. The first-order valence-electron chi connectivity index (χ1n) is 10.7. The Morgan fingerprint density at radius 3 is 2.74 bits per heavy atom. The Kier molecular flexibility index (Phi) is 7.08. The van der Waals surface area contributed by atoms with E-state index in [1.165, 1.54) is 18.9 Å². The van der Waals surface area contributed by atoms with Crippen LogP contribution in [-0.4, -0.2) is 57.6 Å². The number of H-pyrrole nitrogens is 1. The van der Waals surface area contributed by atoms with Crippen LogP contribution in [-0.2, 0) is 17.8 Å². The number of carbonyl (C=O) groups is 1. The molecule has 1 aliphatic rings. The first kappa shape index (κ1) is 23.6. The van der Waals surface area contributed by atoms with E-state index in [2.05, 4.69) is 9.97 Å². The highest BCUT2D eigenvalue weighted by Crippen LogP contribution is 2.35. The number of methoxy groups -OCH3 is 1. The average molecular weight is 488 g/mol. The number of Topliss-reactive ketones (excluding diaryl/α,β-unsaturated/α-hetero) is 1. The smallest absolute Gasteiger partial charge is 0.330 e. The third kappa shape index (κ3) is 4.59. The average Bonchev–Trinajstić information content (AvgIpc) is 3.25. The van der Waals surface area contributed by atoms with Gasteiger partial charge in [-0.1, -0.05) is 11.8 Å². The third-order valence-electron chi connectivity index (χ3n) is 5.34. The minimum absolute atomic E-state index is 0.0760. The van der Waals surface area contributed by atoms with Gasteiger partial charge in [0.2, 0.25) is 0 Å². The maximum absolute atomic E-state index is 12.9. The Labute approximate surface area is 198 Å². The van der Waals surface area contributed by atoms with Crippen LogP contribution in [0.1, 0.15) is 17.3 Å². The topological polar surface area (TPSA) is 143 Å². The molecule has 0 atom stereocenters. The zero-order valence-electron chi connectivity index (χ0n) is 18.8. The van der Waals surface area contributed by atoms with E-state index in [-0.39, 0.29) is 30.3 Å². The van der Waals surface area contributed by atoms with Crippen molar-refractivity contribution in [2.75, 3.05) is 38.4 Å². The third-order valence-corrected chi connectivity index (χ3v) is 6.33. The molecule has 0 aliphatic carbocycles. The van der Waals surface area contributed by atoms with Crippen molar-refractivity contribution in [1.29, 1.82) is 0 Å². The van der Waals surface area contributed by atoms with Crippen LogP contribution in [0.2, 0.25) is 0 Å². The van der Waals surface area contributed by atoms with Crippen molar-refractivity contribution in [3.63, 3.8) is 0 Å². The van der Waals surface area contributed by atoms with Crippen molar-refractivity contribution in [2.45, 2.75) is 25.2 Å². The summed E-state index contributed by atoms with van der Waals surface area (Å²) in [5.41, 5.74) is 6.03. The van der Waals surface area contributed by atoms with Crippen molar-refractivity contribution in [2.24, 2.45) is 0 Å². The first-order chi connectivity index (χ1) is 16.4. The van der Waals surface area contributed by atoms with E-state index >= 15 is 0 Å². The molecule has 11 nitrogen and oxygen atoms in total. The summed E-state index contributed by atoms with van der Waals surface area (Å²) >= 11 is 1.19. The SMILES string of the molecule is CCn1c(-c2ccc3c(c2)OCCO3)cnc1SCC(=O)c1c(N)n(CCOC)c(=O)[nH]c1=O. The number of nitrogens with two attached hydrogens (primary N) is 1. The second kappa shape index (κ2) is 10.2. The molecule has 0 radical (unpaired) electrons. The number of rotatable bonds is 9. The number of aromatic amines is 1. The quantitative estimate of drug-likeness (QED) is 0.338. The number of aromatic nitrogens is 4. The van der Waals surface area contributed by atoms with Crippen LogP contribution in [0.15, 0.2) is 39.1 Å². The van der Waals surface area contributed by atoms with Crippen LogP contribution in [0.4, 0.5) is 5.82 Å². The molecular weight excluding hydrogens is 462 g/mol. The molecule has 1 aromatic carbocycles. The van der Waals surface area contributed by atoms with Crippen LogP contribution in [0.3, 0.4) is 0 Å². The molecule has 0 spiro atoms. The lowest BCUT2D eigenvalue weighted by molar-refractivity contribution is 0.102. The Morgan fingerprint density at radius 1 is 1.24 bits per heavy atom. The lowest BCUT2D eigenvalue weighted by Gasteiger charge is -2.19. The minimum atomic E-state index is -0.808. The molecule has 4 rings (SSSR count). The highest BCUT2D eigenvalue weighted by molar-refractivity contribution is 7.99. The van der Waals surface area contributed by atoms with Gasteiger partial charge < -0.3 is 24.5 Å². The van der Waals surface area contributed by atoms with Gasteiger partial charge in [-0.15, -0.1) is 0 Å². The predicted molar refractivity (Wildman–Crippen MR) is 127 cm³/mol. The molecule has 3 heterocycles. The summed E-state index contributed by atoms with van der Waals surface area (Å²) in [6.45, 7) is 3.92. The number of anilines is 1. The number of imidazole rings is 1. The van der Waals surface area contributed by atoms with Gasteiger partial charge in [0.05, 0.1) is 30.8 Å². The van der Waals surface area contributed by atoms with Crippen molar-refractivity contribution in [3.05, 3.63) is 50.8 Å². The summed E-state index contributed by atoms with van der Waals surface area (Å²) in [6.07, 6.45) is 1.73. The lowest BCUT2D eigenvalue weighted by Crippen LogP contribution is -2.37. The predicted octanol–water partition coefficient (Wildman–Crippen LogP) is 1.39. The van der Waals surface area contributed by atoms with Crippen molar-refractivity contribution >= 4 is 23.4 Å². The molecule has 2 aromatic heterocycles. The lowest BCUT2D eigenvalue weighted by atomic mass is 10.1. The molecule has 3 N–H and O–H groups in total. The molecule has 1 aliphatic heterocycles. The number of benzene rings is 1. The van der Waals surface area contributed by atoms with E-state index in [0.29, 0.717) is 36.4 Å². The highest BCUT2D eigenvalue weighted by atomic mass is 32.2. The summed E-state index contributed by atoms with van der Waals surface area (Å²) in [5.74, 6) is 0.629. The Balaban J connectivity index is 1.56. The standard InChI is InChI=1S/C22H25N5O6S/c1-3-26-14(13-4-5-16-17(10-13)33-9-8-32-16)11-24-22(26)34-12-15(28)18-19(23)27(6-7-31-2)21(30)25-20(18)29/h4-5,10-11H,3,6-9,12,23H2,1-2H3,(H,25,29,30). The molecule has 0 unspecified atom stereocenters. The fourth-order valence-electron chi connectivity index (χ4n) is 3.68. The fraction of sp³-hybridized carbons (Fsp3) is 0.364. The van der Waals surface area contributed by atoms with Crippen LogP contribution in [0, 0.1) is 0 Å². The number of fused-ring (bicyclic) bond motifs is 1. The molecule has 0 fully saturated rings. The molecule has 12 heteroatoms. The van der Waals surface area contributed by atoms with Gasteiger partial charge in [0.25, 0.3) is 5.56 Å². The fourth-order valence-corrected chi connectivity index (χ4v) is 4.59. The monoisotopic (exact) mass is 487 g/mol. The zero-order chi connectivity index (χ0) is 24.2. The number of nitrogen functional groups attached to an aromatic ring is 1. The summed E-state index contributed by atoms with van der Waals surface area (Å²) in [5, 5.41) is 0.614. The van der Waals surface area contributed by atoms with E-state index < -0.39 is 17.0 Å². The van der Waals surface area contributed by atoms with Gasteiger partial charge in [-0.05, 0) is 25.1 Å². The Bertz CT molecular complexity index is 1330. The maximum atomic E-state index is 12.9. The van der Waals surface area contributed by atoms with Gasteiger partial charge in [0.15, 0.2) is 22.4 Å². The molecular formula is C22H25N5O6S. The van der Waals surface area contributed by atoms with Crippen LogP contribution in [0.5, 0.6) is 11.5 Å². The molecule has 0 saturated heterocycles. The number of nitrogens with zero attached hydrogens (tertiary/aromatic N) is 3. The molecule has 0 amide bonds. The molecule has 3 aromatic rings. The summed E-state index contributed by atoms with van der Waals surface area (Å²) in [6, 6.07) is 5.70. The second-order valence-electron chi connectivity index (χ2n) is 7.40. The number of hydrogen-bond donors (Lipinski definition) is 2. The van der Waals surface area contributed by atoms with Crippen molar-refractivity contribution in [3.8, 4) is 22.8 Å². The van der Waals surface area contributed by atoms with Crippen molar-refractivity contribution < 1.29 is 19.0 Å². The van der Waals surface area contributed by atoms with Crippen molar-refractivity contribution in [1.82, 2.24) is 19.1 Å². The minimum Gasteiger partial charge on any atom is -0.486 e. The van der Waals surface area contributed by atoms with Crippen LogP contribution < -0.4 is 26.5 Å². The first-order valence-corrected chi connectivity index (χ1v) is 11.7. The molecule has 180 valence electrons. The van der Waals surface area contributed by atoms with Crippen LogP contribution in [0.25, 0.3) is 11.3 Å². The van der Waals surface area contributed by atoms with Gasteiger partial charge in [0.1, 0.15) is 24.6 Å². The maximum Gasteiger partial charge on any atom is 0.330 e. The molecule has 34 heavy (non-hydrogen) atoms. The summed E-state index contributed by atoms with van der Waals surface area (Å²) in [7, 11) is 1.48. The Hall–Kier alpha value is -3.51. The summed E-state index contributed by atoms with van der Waals surface area (Å²) < 4.78 is 19.3. The van der Waals surface area contributed by atoms with E-state index in [0.717, 1.165) is 15.8 Å². The van der Waals surface area contributed by atoms with Gasteiger partial charge in [-0.3, -0.25) is 19.1 Å². The molecule has 0 bridgehead atoms. The van der Waals surface area contributed by atoms with E-state index in [9.17, 15) is 14.4 Å². The number of ketones is 1. The Morgan fingerprint density at radius 2 is 2.00 bits per heavy atom. The number of hydrogen-bond acceptors (Lipinski definition) is 9. The van der Waals surface area contributed by atoms with E-state index in [4.69, 9.17) is 19.9 Å².